The van der Waals surface area contributed by atoms with Crippen molar-refractivity contribution >= 4 is 43.1 Å². The highest BCUT2D eigenvalue weighted by molar-refractivity contribution is 7.23. The largest absolute Gasteiger partial charge is 0.507 e. The van der Waals surface area contributed by atoms with Crippen LogP contribution in [0.4, 0.5) is 0 Å². The second-order valence-electron chi connectivity index (χ2n) is 14.2. The Kier molecular flexibility index (Phi) is 16.9. The normalized spacial score (nSPS) is 11.6. The van der Waals surface area contributed by atoms with Crippen molar-refractivity contribution in [3.63, 3.8) is 0 Å². The molecule has 0 amide bonds. The quantitative estimate of drug-likeness (QED) is 0.0548. The Labute approximate surface area is 319 Å². The number of unbranched alkanes of at least 4 members (excludes halogenated alkanes) is 18. The summed E-state index contributed by atoms with van der Waals surface area (Å²) >= 11 is 3.07. The molecular weight excluding hydrogens is 685 g/mol. The summed E-state index contributed by atoms with van der Waals surface area (Å²) in [6.07, 6.45) is 25.8. The Bertz CT molecular complexity index is 1610. The fourth-order valence-corrected chi connectivity index (χ4v) is 8.73. The number of aromatic nitrogens is 2. The second kappa shape index (κ2) is 22.0. The van der Waals surface area contributed by atoms with Crippen LogP contribution >= 0.6 is 22.7 Å². The lowest BCUT2D eigenvalue weighted by molar-refractivity contribution is 0.302. The van der Waals surface area contributed by atoms with Gasteiger partial charge in [0, 0.05) is 12.1 Å². The maximum Gasteiger partial charge on any atom is 0.129 e. The minimum absolute atomic E-state index is 0.174. The van der Waals surface area contributed by atoms with Crippen molar-refractivity contribution in [3.05, 3.63) is 48.5 Å². The summed E-state index contributed by atoms with van der Waals surface area (Å²) in [5, 5.41) is 23.3. The summed E-state index contributed by atoms with van der Waals surface area (Å²) < 4.78 is 13.9. The van der Waals surface area contributed by atoms with Gasteiger partial charge in [-0.3, -0.25) is 0 Å². The molecule has 0 bridgehead atoms. The Morgan fingerprint density at radius 3 is 1.15 bits per heavy atom. The van der Waals surface area contributed by atoms with Gasteiger partial charge in [-0.2, -0.15) is 0 Å². The van der Waals surface area contributed by atoms with Crippen LogP contribution in [0.25, 0.3) is 41.6 Å². The van der Waals surface area contributed by atoms with Crippen LogP contribution in [-0.4, -0.2) is 33.4 Å². The van der Waals surface area contributed by atoms with Crippen molar-refractivity contribution in [2.24, 2.45) is 0 Å². The molecule has 5 aromatic rings. The number of aromatic hydroxyl groups is 2. The summed E-state index contributed by atoms with van der Waals surface area (Å²) in [4.78, 5) is 9.73. The van der Waals surface area contributed by atoms with Gasteiger partial charge in [-0.15, -0.1) is 22.7 Å². The molecule has 0 spiro atoms. The lowest BCUT2D eigenvalue weighted by Crippen LogP contribution is -1.97. The fourth-order valence-electron chi connectivity index (χ4n) is 6.70. The Morgan fingerprint density at radius 1 is 0.462 bits per heavy atom. The van der Waals surface area contributed by atoms with E-state index in [-0.39, 0.29) is 11.5 Å². The number of ether oxygens (including phenoxy) is 2. The van der Waals surface area contributed by atoms with Gasteiger partial charge in [0.05, 0.1) is 44.8 Å². The molecule has 2 heterocycles. The van der Waals surface area contributed by atoms with Crippen LogP contribution in [0.15, 0.2) is 48.5 Å². The van der Waals surface area contributed by atoms with Gasteiger partial charge in [0.25, 0.3) is 0 Å². The molecule has 0 unspecified atom stereocenters. The van der Waals surface area contributed by atoms with Gasteiger partial charge >= 0.3 is 0 Å². The van der Waals surface area contributed by atoms with Crippen molar-refractivity contribution in [2.75, 3.05) is 13.2 Å². The van der Waals surface area contributed by atoms with Crippen molar-refractivity contribution in [1.82, 2.24) is 9.97 Å². The molecule has 282 valence electrons. The highest BCUT2D eigenvalue weighted by Gasteiger charge is 2.16. The molecular formula is C44H60N2O4S2. The van der Waals surface area contributed by atoms with E-state index in [2.05, 4.69) is 13.8 Å². The van der Waals surface area contributed by atoms with Crippen LogP contribution in [-0.2, 0) is 0 Å². The first-order valence-electron chi connectivity index (χ1n) is 20.2. The third kappa shape index (κ3) is 12.4. The SMILES string of the molecule is CCCCCCCCCCCCOc1ccc(-c2nc3cc4sc(-c5ccc(OCCCCCCCCCCCC)cc5O)nc4cc3s2)c(O)c1. The summed E-state index contributed by atoms with van der Waals surface area (Å²) in [5.41, 5.74) is 3.13. The van der Waals surface area contributed by atoms with E-state index in [0.29, 0.717) is 35.8 Å². The van der Waals surface area contributed by atoms with Gasteiger partial charge in [0.1, 0.15) is 33.0 Å². The van der Waals surface area contributed by atoms with Gasteiger partial charge < -0.3 is 19.7 Å². The molecule has 0 radical (unpaired) electrons. The van der Waals surface area contributed by atoms with E-state index >= 15 is 0 Å². The number of hydrogen-bond donors (Lipinski definition) is 2. The minimum Gasteiger partial charge on any atom is -0.507 e. The van der Waals surface area contributed by atoms with Crippen LogP contribution in [0.3, 0.4) is 0 Å². The summed E-state index contributed by atoms with van der Waals surface area (Å²) in [6.45, 7) is 5.85. The number of fused-ring (bicyclic) bond motifs is 2. The topological polar surface area (TPSA) is 84.7 Å². The van der Waals surface area contributed by atoms with E-state index < -0.39 is 0 Å². The van der Waals surface area contributed by atoms with E-state index in [1.54, 1.807) is 12.1 Å². The monoisotopic (exact) mass is 744 g/mol. The predicted molar refractivity (Wildman–Crippen MR) is 222 cm³/mol. The van der Waals surface area contributed by atoms with E-state index in [9.17, 15) is 10.2 Å². The molecule has 52 heavy (non-hydrogen) atoms. The smallest absolute Gasteiger partial charge is 0.129 e. The predicted octanol–water partition coefficient (Wildman–Crippen LogP) is 14.3. The first kappa shape index (κ1) is 39.8. The van der Waals surface area contributed by atoms with E-state index in [0.717, 1.165) is 43.3 Å². The maximum atomic E-state index is 10.9. The fraction of sp³-hybridized carbons (Fsp3) is 0.545. The Balaban J connectivity index is 1.07. The highest BCUT2D eigenvalue weighted by Crippen LogP contribution is 2.41. The standard InChI is InChI=1S/C44H60N2O4S2/c1-3-5-7-9-11-13-15-17-19-21-27-49-33-23-25-35(39(47)29-33)43-45-37-31-42-38(32-41(37)51-43)46-44(52-42)36-26-24-34(30-40(36)48)50-28-22-20-18-16-14-12-10-8-6-4-2/h23-26,29-32,47-48H,3-22,27-28H2,1-2H3. The maximum absolute atomic E-state index is 10.9. The van der Waals surface area contributed by atoms with Crippen LogP contribution < -0.4 is 9.47 Å². The summed E-state index contributed by atoms with van der Waals surface area (Å²) in [7, 11) is 0. The lowest BCUT2D eigenvalue weighted by Gasteiger charge is -2.08. The van der Waals surface area contributed by atoms with E-state index in [1.807, 2.05) is 36.4 Å². The molecule has 3 aromatic carbocycles. The van der Waals surface area contributed by atoms with Crippen molar-refractivity contribution in [2.45, 2.75) is 142 Å². The van der Waals surface area contributed by atoms with Gasteiger partial charge in [-0.05, 0) is 49.2 Å². The molecule has 0 saturated heterocycles. The Morgan fingerprint density at radius 2 is 0.808 bits per heavy atom. The molecule has 5 rings (SSSR count). The van der Waals surface area contributed by atoms with Crippen LogP contribution in [0.5, 0.6) is 23.0 Å². The first-order chi connectivity index (χ1) is 25.6. The average Bonchev–Trinajstić information content (AvgIpc) is 3.75. The molecule has 2 N–H and O–H groups in total. The number of thiazole rings is 2. The van der Waals surface area contributed by atoms with Crippen LogP contribution in [0, 0.1) is 0 Å². The third-order valence-electron chi connectivity index (χ3n) is 9.83. The molecule has 0 aliphatic carbocycles. The molecule has 0 fully saturated rings. The number of phenols is 2. The number of phenolic OH excluding ortho intramolecular Hbond substituents is 2. The second-order valence-corrected chi connectivity index (χ2v) is 16.3. The Hall–Kier alpha value is -3.36. The van der Waals surface area contributed by atoms with Crippen molar-refractivity contribution in [3.8, 4) is 44.1 Å². The number of rotatable bonds is 26. The van der Waals surface area contributed by atoms with Gasteiger partial charge in [0.2, 0.25) is 0 Å². The molecule has 0 aliphatic heterocycles. The highest BCUT2D eigenvalue weighted by atomic mass is 32.1. The first-order valence-corrected chi connectivity index (χ1v) is 21.8. The van der Waals surface area contributed by atoms with Gasteiger partial charge in [0.15, 0.2) is 0 Å². The zero-order valence-electron chi connectivity index (χ0n) is 31.6. The molecule has 0 aliphatic rings. The zero-order chi connectivity index (χ0) is 36.4. The molecule has 6 nitrogen and oxygen atoms in total. The third-order valence-corrected chi connectivity index (χ3v) is 11.9. The molecule has 0 saturated carbocycles. The number of hydrogen-bond acceptors (Lipinski definition) is 8. The number of benzene rings is 3. The van der Waals surface area contributed by atoms with E-state index in [1.165, 1.54) is 138 Å². The summed E-state index contributed by atoms with van der Waals surface area (Å²) in [6, 6.07) is 15.1. The molecule has 0 atom stereocenters. The molecule has 2 aromatic heterocycles. The zero-order valence-corrected chi connectivity index (χ0v) is 33.2. The van der Waals surface area contributed by atoms with Gasteiger partial charge in [-0.25, -0.2) is 9.97 Å². The number of nitrogens with zero attached hydrogens (tertiary/aromatic N) is 2. The average molecular weight is 745 g/mol. The van der Waals surface area contributed by atoms with E-state index in [4.69, 9.17) is 19.4 Å². The van der Waals surface area contributed by atoms with Crippen molar-refractivity contribution in [1.29, 1.82) is 0 Å². The van der Waals surface area contributed by atoms with Crippen LogP contribution in [0.2, 0.25) is 0 Å². The molecule has 8 heteroatoms. The summed E-state index contributed by atoms with van der Waals surface area (Å²) in [5.74, 6) is 1.72. The van der Waals surface area contributed by atoms with Crippen LogP contribution in [0.1, 0.15) is 142 Å². The van der Waals surface area contributed by atoms with Gasteiger partial charge in [-0.1, -0.05) is 129 Å². The minimum atomic E-state index is 0.174. The lowest BCUT2D eigenvalue weighted by atomic mass is 10.1. The van der Waals surface area contributed by atoms with Crippen molar-refractivity contribution < 1.29 is 19.7 Å².